The van der Waals surface area contributed by atoms with Gasteiger partial charge in [-0.2, -0.15) is 5.01 Å². The van der Waals surface area contributed by atoms with Crippen LogP contribution in [0.15, 0.2) is 16.9 Å². The fraction of sp³-hybridized carbons (Fsp3) is 0.903. The highest BCUT2D eigenvalue weighted by molar-refractivity contribution is 6.18. The minimum atomic E-state index is -0.464. The third kappa shape index (κ3) is 5.68. The van der Waals surface area contributed by atoms with E-state index in [1.807, 2.05) is 0 Å². The van der Waals surface area contributed by atoms with Crippen LogP contribution >= 0.6 is 11.6 Å². The van der Waals surface area contributed by atoms with Crippen molar-refractivity contribution in [3.05, 3.63) is 16.6 Å². The summed E-state index contributed by atoms with van der Waals surface area (Å²) >= 11 is 5.77. The molecule has 9 atom stereocenters. The molecule has 0 aromatic heterocycles. The van der Waals surface area contributed by atoms with Gasteiger partial charge in [0.05, 0.1) is 17.9 Å². The molecule has 2 amide bonds. The van der Waals surface area contributed by atoms with Gasteiger partial charge in [0.2, 0.25) is 0 Å². The number of hydrogen-bond donors (Lipinski definition) is 2. The molecule has 4 unspecified atom stereocenters. The number of rotatable bonds is 10. The van der Waals surface area contributed by atoms with Crippen LogP contribution in [0.1, 0.15) is 98.8 Å². The lowest BCUT2D eigenvalue weighted by Crippen LogP contribution is -2.55. The monoisotopic (exact) mass is 549 g/mol. The molecule has 2 N–H and O–H groups in total. The van der Waals surface area contributed by atoms with Gasteiger partial charge in [0.1, 0.15) is 0 Å². The van der Waals surface area contributed by atoms with Crippen LogP contribution in [0.4, 0.5) is 4.79 Å². The molecular weight excluding hydrogens is 498 g/mol. The highest BCUT2D eigenvalue weighted by atomic mass is 35.5. The lowest BCUT2D eigenvalue weighted by atomic mass is 9.45. The molecule has 0 aliphatic heterocycles. The van der Waals surface area contributed by atoms with Gasteiger partial charge in [0.25, 0.3) is 0 Å². The molecule has 0 bridgehead atoms. The number of aliphatic hydroxyl groups excluding tert-OH is 1. The van der Waals surface area contributed by atoms with Gasteiger partial charge in [-0.25, -0.2) is 4.79 Å². The summed E-state index contributed by atoms with van der Waals surface area (Å²) < 4.78 is 0. The zero-order valence-electron chi connectivity index (χ0n) is 24.4. The summed E-state index contributed by atoms with van der Waals surface area (Å²) in [6.45, 7) is 12.8. The molecule has 4 rings (SSSR count). The standard InChI is InChI=1S/C31H52ClN3O3/c1-20(2)7-6-8-21(3)25-9-10-26-28-22(19-33-29(37)35(34-38)16-15-32)17-23-18-24(36)11-13-30(23,4)27(28)12-14-31(25,26)5/h17,20-22,24-28,36H,6-16,18-19H2,1-5H3,(H,33,37)/t21-,22?,24+,25-,26?,27?,28?,30+,31-/m1/s1. The molecular formula is C31H52ClN3O3. The van der Waals surface area contributed by atoms with Gasteiger partial charge in [-0.3, -0.25) is 0 Å². The minimum absolute atomic E-state index is 0.107. The van der Waals surface area contributed by atoms with Crippen LogP contribution in [-0.2, 0) is 0 Å². The fourth-order valence-electron chi connectivity index (χ4n) is 9.58. The lowest BCUT2D eigenvalue weighted by molar-refractivity contribution is -0.0751. The minimum Gasteiger partial charge on any atom is -0.393 e. The summed E-state index contributed by atoms with van der Waals surface area (Å²) in [4.78, 5) is 23.9. The molecule has 0 saturated heterocycles. The molecule has 0 aromatic rings. The summed E-state index contributed by atoms with van der Waals surface area (Å²) in [5.41, 5.74) is 1.87. The second-order valence-corrected chi connectivity index (χ2v) is 14.4. The first-order chi connectivity index (χ1) is 18.0. The second-order valence-electron chi connectivity index (χ2n) is 14.1. The lowest BCUT2D eigenvalue weighted by Gasteiger charge is -2.60. The molecule has 4 aliphatic carbocycles. The topological polar surface area (TPSA) is 82.0 Å². The molecule has 4 aliphatic rings. The molecule has 7 heteroatoms. The molecule has 3 fully saturated rings. The predicted molar refractivity (Wildman–Crippen MR) is 155 cm³/mol. The number of carbonyl (C=O) groups excluding carboxylic acids is 1. The number of alkyl halides is 1. The van der Waals surface area contributed by atoms with Crippen LogP contribution < -0.4 is 5.32 Å². The number of carbonyl (C=O) groups is 1. The Labute approximate surface area is 235 Å². The number of nitrogens with zero attached hydrogens (tertiary/aromatic N) is 2. The van der Waals surface area contributed by atoms with E-state index >= 15 is 0 Å². The number of halogens is 1. The van der Waals surface area contributed by atoms with Gasteiger partial charge in [-0.1, -0.05) is 65.5 Å². The van der Waals surface area contributed by atoms with Gasteiger partial charge in [-0.15, -0.1) is 16.5 Å². The van der Waals surface area contributed by atoms with Crippen LogP contribution in [0.3, 0.4) is 0 Å². The largest absolute Gasteiger partial charge is 0.393 e. The van der Waals surface area contributed by atoms with Crippen LogP contribution in [0, 0.1) is 57.2 Å². The Morgan fingerprint density at radius 2 is 1.92 bits per heavy atom. The Kier molecular flexibility index (Phi) is 9.55. The van der Waals surface area contributed by atoms with E-state index in [1.54, 1.807) is 0 Å². The van der Waals surface area contributed by atoms with Crippen LogP contribution in [0.5, 0.6) is 0 Å². The van der Waals surface area contributed by atoms with Crippen molar-refractivity contribution in [1.29, 1.82) is 0 Å². The Bertz CT molecular complexity index is 880. The maximum absolute atomic E-state index is 12.7. The first kappa shape index (κ1) is 29.8. The Hall–Kier alpha value is -1.14. The quantitative estimate of drug-likeness (QED) is 0.128. The number of fused-ring (bicyclic) bond motifs is 5. The number of nitroso groups, excluding NO2 is 1. The highest BCUT2D eigenvalue weighted by Crippen LogP contribution is 2.68. The number of amides is 2. The predicted octanol–water partition coefficient (Wildman–Crippen LogP) is 7.55. The van der Waals surface area contributed by atoms with E-state index in [0.29, 0.717) is 29.7 Å². The SMILES string of the molecule is CC(C)CCC[C@@H](C)[C@H]1CCC2C3C(CNC(=O)N(CCCl)N=O)C=C4C[C@@H](O)CC[C@]4(C)C3CC[C@@]21C. The van der Waals surface area contributed by atoms with E-state index in [9.17, 15) is 14.8 Å². The van der Waals surface area contributed by atoms with Crippen molar-refractivity contribution < 1.29 is 9.90 Å². The summed E-state index contributed by atoms with van der Waals surface area (Å²) in [7, 11) is 0. The molecule has 6 nitrogen and oxygen atoms in total. The molecule has 3 saturated carbocycles. The van der Waals surface area contributed by atoms with Gasteiger partial charge in [0.15, 0.2) is 0 Å². The van der Waals surface area contributed by atoms with Crippen molar-refractivity contribution in [2.75, 3.05) is 19.0 Å². The van der Waals surface area contributed by atoms with Gasteiger partial charge in [0, 0.05) is 12.4 Å². The van der Waals surface area contributed by atoms with Crippen molar-refractivity contribution in [1.82, 2.24) is 10.3 Å². The average Bonchev–Trinajstić information content (AvgIpc) is 3.23. The maximum Gasteiger partial charge on any atom is 0.340 e. The smallest absolute Gasteiger partial charge is 0.340 e. The maximum atomic E-state index is 12.7. The van der Waals surface area contributed by atoms with E-state index in [1.165, 1.54) is 50.5 Å². The Balaban J connectivity index is 1.58. The molecule has 0 radical (unpaired) electrons. The van der Waals surface area contributed by atoms with E-state index in [-0.39, 0.29) is 29.9 Å². The van der Waals surface area contributed by atoms with Crippen LogP contribution in [0.25, 0.3) is 0 Å². The summed E-state index contributed by atoms with van der Waals surface area (Å²) in [6, 6.07) is -0.464. The summed E-state index contributed by atoms with van der Waals surface area (Å²) in [5, 5.41) is 17.3. The van der Waals surface area contributed by atoms with Gasteiger partial charge in [-0.05, 0) is 97.2 Å². The van der Waals surface area contributed by atoms with Crippen LogP contribution in [0.2, 0.25) is 0 Å². The number of aliphatic hydroxyl groups is 1. The van der Waals surface area contributed by atoms with Crippen LogP contribution in [-0.4, -0.2) is 41.2 Å². The molecule has 216 valence electrons. The van der Waals surface area contributed by atoms with E-state index in [0.717, 1.165) is 42.0 Å². The van der Waals surface area contributed by atoms with Crippen molar-refractivity contribution in [2.24, 2.45) is 57.5 Å². The van der Waals surface area contributed by atoms with Crippen molar-refractivity contribution in [2.45, 2.75) is 105 Å². The molecule has 38 heavy (non-hydrogen) atoms. The zero-order chi connectivity index (χ0) is 27.7. The van der Waals surface area contributed by atoms with Gasteiger partial charge < -0.3 is 10.4 Å². The second kappa shape index (κ2) is 12.2. The fourth-order valence-corrected chi connectivity index (χ4v) is 9.74. The Morgan fingerprint density at radius 3 is 2.61 bits per heavy atom. The van der Waals surface area contributed by atoms with E-state index in [2.05, 4.69) is 51.3 Å². The molecule has 0 heterocycles. The first-order valence-electron chi connectivity index (χ1n) is 15.4. The third-order valence-corrected chi connectivity index (χ3v) is 11.7. The third-order valence-electron chi connectivity index (χ3n) is 11.6. The number of nitrogens with one attached hydrogen (secondary N) is 1. The van der Waals surface area contributed by atoms with Crippen molar-refractivity contribution >= 4 is 17.6 Å². The highest BCUT2D eigenvalue weighted by Gasteiger charge is 2.61. The van der Waals surface area contributed by atoms with Gasteiger partial charge >= 0.3 is 6.03 Å². The average molecular weight is 550 g/mol. The number of urea groups is 1. The van der Waals surface area contributed by atoms with Crippen molar-refractivity contribution in [3.63, 3.8) is 0 Å². The summed E-state index contributed by atoms with van der Waals surface area (Å²) in [6.07, 6.45) is 13.9. The number of hydrogen-bond acceptors (Lipinski definition) is 4. The molecule has 0 aromatic carbocycles. The zero-order valence-corrected chi connectivity index (χ0v) is 25.2. The normalized spacial score (nSPS) is 39.0. The summed E-state index contributed by atoms with van der Waals surface area (Å²) in [5.74, 6) is 4.40. The van der Waals surface area contributed by atoms with Crippen molar-refractivity contribution in [3.8, 4) is 0 Å². The molecule has 0 spiro atoms. The first-order valence-corrected chi connectivity index (χ1v) is 15.9. The van der Waals surface area contributed by atoms with E-state index < -0.39 is 6.03 Å². The Morgan fingerprint density at radius 1 is 1.16 bits per heavy atom. The van der Waals surface area contributed by atoms with E-state index in [4.69, 9.17) is 11.6 Å².